The fourth-order valence-corrected chi connectivity index (χ4v) is 3.62. The van der Waals surface area contributed by atoms with Crippen LogP contribution in [0.2, 0.25) is 0 Å². The van der Waals surface area contributed by atoms with Gasteiger partial charge in [-0.15, -0.1) is 0 Å². The normalized spacial score (nSPS) is 34.9. The van der Waals surface area contributed by atoms with E-state index in [1.807, 2.05) is 0 Å². The van der Waals surface area contributed by atoms with Crippen LogP contribution < -0.4 is 0 Å². The maximum atomic E-state index is 11.3. The zero-order chi connectivity index (χ0) is 12.5. The minimum atomic E-state index is -0.582. The number of likely N-dealkylation sites (tertiary alicyclic amines) is 1. The van der Waals surface area contributed by atoms with E-state index in [1.54, 1.807) is 0 Å². The van der Waals surface area contributed by atoms with Gasteiger partial charge in [0, 0.05) is 32.8 Å². The monoisotopic (exact) mass is 253 g/mol. The second-order valence-corrected chi connectivity index (χ2v) is 6.22. The maximum absolute atomic E-state index is 11.3. The number of carboxylic acid groups (broad SMARTS) is 1. The molecule has 0 aromatic rings. The number of carboxylic acids is 1. The first kappa shape index (κ1) is 12.4. The molecular weight excluding hydrogens is 230 g/mol. The summed E-state index contributed by atoms with van der Waals surface area (Å²) in [5.41, 5.74) is 0. The highest BCUT2D eigenvalue weighted by Gasteiger charge is 2.45. The molecule has 2 atom stereocenters. The van der Waals surface area contributed by atoms with Crippen molar-refractivity contribution in [1.29, 1.82) is 0 Å². The number of rotatable bonds is 4. The van der Waals surface area contributed by atoms with Crippen LogP contribution in [0.15, 0.2) is 0 Å². The summed E-state index contributed by atoms with van der Waals surface area (Å²) in [6.07, 6.45) is 4.78. The number of nitrogens with zero attached hydrogens (tertiary/aromatic N) is 1. The van der Waals surface area contributed by atoms with E-state index in [2.05, 4.69) is 4.90 Å². The largest absolute Gasteiger partial charge is 0.481 e. The standard InChI is InChI=1S/C14H23NO3/c16-14(17)13-9-15(8-12(13)11-1-2-11)7-10-3-5-18-6-4-10/h10-13H,1-9H2,(H,16,17)/t12-,13+/m0/s1. The predicted molar refractivity (Wildman–Crippen MR) is 67.3 cm³/mol. The Kier molecular flexibility index (Phi) is 3.57. The lowest BCUT2D eigenvalue weighted by Crippen LogP contribution is -2.31. The molecule has 4 nitrogen and oxygen atoms in total. The molecule has 2 saturated heterocycles. The van der Waals surface area contributed by atoms with Crippen LogP contribution in [-0.2, 0) is 9.53 Å². The van der Waals surface area contributed by atoms with Gasteiger partial charge in [-0.1, -0.05) is 0 Å². The molecule has 2 heterocycles. The Morgan fingerprint density at radius 2 is 1.89 bits per heavy atom. The van der Waals surface area contributed by atoms with Crippen LogP contribution in [0.1, 0.15) is 25.7 Å². The molecule has 0 amide bonds. The number of ether oxygens (including phenoxy) is 1. The molecule has 1 saturated carbocycles. The lowest BCUT2D eigenvalue weighted by molar-refractivity contribution is -0.142. The molecule has 102 valence electrons. The fraction of sp³-hybridized carbons (Fsp3) is 0.929. The Balaban J connectivity index is 1.55. The minimum absolute atomic E-state index is 0.114. The van der Waals surface area contributed by atoms with E-state index in [9.17, 15) is 9.90 Å². The molecule has 1 aliphatic carbocycles. The first-order chi connectivity index (χ1) is 8.74. The van der Waals surface area contributed by atoms with E-state index in [0.717, 1.165) is 45.7 Å². The second-order valence-electron chi connectivity index (χ2n) is 6.22. The average Bonchev–Trinajstić information content (AvgIpc) is 3.12. The van der Waals surface area contributed by atoms with E-state index in [1.165, 1.54) is 12.8 Å². The molecule has 18 heavy (non-hydrogen) atoms. The van der Waals surface area contributed by atoms with Crippen LogP contribution in [0, 0.1) is 23.7 Å². The van der Waals surface area contributed by atoms with E-state index >= 15 is 0 Å². The van der Waals surface area contributed by atoms with Crippen LogP contribution in [0.25, 0.3) is 0 Å². The van der Waals surface area contributed by atoms with Crippen LogP contribution in [0.4, 0.5) is 0 Å². The Hall–Kier alpha value is -0.610. The predicted octanol–water partition coefficient (Wildman–Crippen LogP) is 1.46. The molecule has 0 aromatic heterocycles. The average molecular weight is 253 g/mol. The van der Waals surface area contributed by atoms with E-state index in [-0.39, 0.29) is 5.92 Å². The van der Waals surface area contributed by atoms with Crippen LogP contribution in [0.3, 0.4) is 0 Å². The molecule has 0 unspecified atom stereocenters. The smallest absolute Gasteiger partial charge is 0.308 e. The van der Waals surface area contributed by atoms with Crippen LogP contribution in [-0.4, -0.2) is 48.8 Å². The van der Waals surface area contributed by atoms with Crippen molar-refractivity contribution in [3.63, 3.8) is 0 Å². The topological polar surface area (TPSA) is 49.8 Å². The van der Waals surface area contributed by atoms with Crippen molar-refractivity contribution < 1.29 is 14.6 Å². The van der Waals surface area contributed by atoms with Gasteiger partial charge < -0.3 is 14.7 Å². The summed E-state index contributed by atoms with van der Waals surface area (Å²) in [5.74, 6) is 1.14. The molecule has 0 aromatic carbocycles. The molecule has 1 N–H and O–H groups in total. The van der Waals surface area contributed by atoms with Crippen molar-refractivity contribution in [2.45, 2.75) is 25.7 Å². The van der Waals surface area contributed by atoms with Crippen molar-refractivity contribution in [3.8, 4) is 0 Å². The summed E-state index contributed by atoms with van der Waals surface area (Å²) < 4.78 is 5.38. The zero-order valence-corrected chi connectivity index (χ0v) is 10.9. The van der Waals surface area contributed by atoms with E-state index < -0.39 is 5.97 Å². The number of hydrogen-bond donors (Lipinski definition) is 1. The molecular formula is C14H23NO3. The third kappa shape index (κ3) is 2.69. The highest BCUT2D eigenvalue weighted by atomic mass is 16.5. The Morgan fingerprint density at radius 1 is 1.17 bits per heavy atom. The number of hydrogen-bond acceptors (Lipinski definition) is 3. The summed E-state index contributed by atoms with van der Waals surface area (Å²) >= 11 is 0. The SMILES string of the molecule is O=C(O)[C@@H]1CN(CC2CCOCC2)C[C@H]1C1CC1. The lowest BCUT2D eigenvalue weighted by Gasteiger charge is -2.26. The van der Waals surface area contributed by atoms with Gasteiger partial charge in [0.25, 0.3) is 0 Å². The van der Waals surface area contributed by atoms with Gasteiger partial charge in [-0.3, -0.25) is 4.79 Å². The van der Waals surface area contributed by atoms with Gasteiger partial charge in [-0.2, -0.15) is 0 Å². The highest BCUT2D eigenvalue weighted by Crippen LogP contribution is 2.44. The minimum Gasteiger partial charge on any atom is -0.481 e. The lowest BCUT2D eigenvalue weighted by atomic mass is 9.92. The van der Waals surface area contributed by atoms with Gasteiger partial charge in [0.1, 0.15) is 0 Å². The Morgan fingerprint density at radius 3 is 2.50 bits per heavy atom. The van der Waals surface area contributed by atoms with Crippen molar-refractivity contribution in [1.82, 2.24) is 4.90 Å². The number of carbonyl (C=O) groups is 1. The third-order valence-electron chi connectivity index (χ3n) is 4.84. The third-order valence-corrected chi connectivity index (χ3v) is 4.84. The van der Waals surface area contributed by atoms with Gasteiger partial charge in [0.2, 0.25) is 0 Å². The van der Waals surface area contributed by atoms with Crippen molar-refractivity contribution in [2.75, 3.05) is 32.8 Å². The van der Waals surface area contributed by atoms with Gasteiger partial charge >= 0.3 is 5.97 Å². The second kappa shape index (κ2) is 5.17. The molecule has 3 rings (SSSR count). The Labute approximate surface area is 108 Å². The molecule has 3 fully saturated rings. The van der Waals surface area contributed by atoms with Gasteiger partial charge in [-0.25, -0.2) is 0 Å². The molecule has 3 aliphatic rings. The van der Waals surface area contributed by atoms with E-state index in [4.69, 9.17) is 4.74 Å². The summed E-state index contributed by atoms with van der Waals surface area (Å²) in [6.45, 7) is 4.63. The summed E-state index contributed by atoms with van der Waals surface area (Å²) in [4.78, 5) is 13.7. The summed E-state index contributed by atoms with van der Waals surface area (Å²) in [5, 5.41) is 9.34. The van der Waals surface area contributed by atoms with Gasteiger partial charge in [0.05, 0.1) is 5.92 Å². The quantitative estimate of drug-likeness (QED) is 0.824. The maximum Gasteiger partial charge on any atom is 0.308 e. The molecule has 4 heteroatoms. The van der Waals surface area contributed by atoms with Crippen molar-refractivity contribution >= 4 is 5.97 Å². The molecule has 0 bridgehead atoms. The van der Waals surface area contributed by atoms with Crippen LogP contribution >= 0.6 is 0 Å². The highest BCUT2D eigenvalue weighted by molar-refractivity contribution is 5.71. The number of aliphatic carboxylic acids is 1. The first-order valence-electron chi connectivity index (χ1n) is 7.27. The molecule has 0 radical (unpaired) electrons. The van der Waals surface area contributed by atoms with Crippen LogP contribution in [0.5, 0.6) is 0 Å². The zero-order valence-electron chi connectivity index (χ0n) is 10.9. The van der Waals surface area contributed by atoms with Crippen molar-refractivity contribution in [3.05, 3.63) is 0 Å². The van der Waals surface area contributed by atoms with E-state index in [0.29, 0.717) is 17.8 Å². The molecule has 0 spiro atoms. The Bertz CT molecular complexity index is 310. The van der Waals surface area contributed by atoms with Gasteiger partial charge in [0.15, 0.2) is 0 Å². The first-order valence-corrected chi connectivity index (χ1v) is 7.27. The summed E-state index contributed by atoms with van der Waals surface area (Å²) in [6, 6.07) is 0. The fourth-order valence-electron chi connectivity index (χ4n) is 3.62. The summed E-state index contributed by atoms with van der Waals surface area (Å²) in [7, 11) is 0. The molecule has 2 aliphatic heterocycles. The van der Waals surface area contributed by atoms with Gasteiger partial charge in [-0.05, 0) is 43.4 Å². The van der Waals surface area contributed by atoms with Crippen molar-refractivity contribution in [2.24, 2.45) is 23.7 Å².